The first-order chi connectivity index (χ1) is 12.4. The standard InChI is InChI=1S/C18H27N3O4S/c1-3-19-26(23,24)16-6-4-15(5-7-16)12-17(22)21-10-9-20(2)18(13-21)8-11-25-14-18/h4-7,19H,3,8-14H2,1-2H3. The van der Waals surface area contributed by atoms with Gasteiger partial charge in [-0.05, 0) is 31.2 Å². The van der Waals surface area contributed by atoms with Crippen LogP contribution in [0.2, 0.25) is 0 Å². The van der Waals surface area contributed by atoms with Gasteiger partial charge in [-0.3, -0.25) is 9.69 Å². The second kappa shape index (κ2) is 7.64. The lowest BCUT2D eigenvalue weighted by molar-refractivity contribution is -0.135. The van der Waals surface area contributed by atoms with E-state index in [1.165, 1.54) is 0 Å². The van der Waals surface area contributed by atoms with Gasteiger partial charge in [-0.25, -0.2) is 13.1 Å². The number of piperazine rings is 1. The minimum absolute atomic E-state index is 0.0579. The maximum Gasteiger partial charge on any atom is 0.240 e. The molecule has 8 heteroatoms. The fraction of sp³-hybridized carbons (Fsp3) is 0.611. The SMILES string of the molecule is CCNS(=O)(=O)c1ccc(CC(=O)N2CCN(C)C3(CCOC3)C2)cc1. The van der Waals surface area contributed by atoms with E-state index in [1.807, 2.05) is 4.90 Å². The van der Waals surface area contributed by atoms with Crippen molar-refractivity contribution >= 4 is 15.9 Å². The Kier molecular flexibility index (Phi) is 5.67. The Morgan fingerprint density at radius 1 is 1.27 bits per heavy atom. The van der Waals surface area contributed by atoms with Crippen LogP contribution in [0.1, 0.15) is 18.9 Å². The molecule has 2 fully saturated rings. The monoisotopic (exact) mass is 381 g/mol. The fourth-order valence-electron chi connectivity index (χ4n) is 3.64. The van der Waals surface area contributed by atoms with Crippen molar-refractivity contribution < 1.29 is 17.9 Å². The zero-order valence-corrected chi connectivity index (χ0v) is 16.2. The van der Waals surface area contributed by atoms with Crippen molar-refractivity contribution in [1.82, 2.24) is 14.5 Å². The van der Waals surface area contributed by atoms with E-state index in [-0.39, 0.29) is 22.8 Å². The summed E-state index contributed by atoms with van der Waals surface area (Å²) in [5.74, 6) is 0.0756. The molecule has 1 atom stereocenters. The minimum atomic E-state index is -3.46. The van der Waals surface area contributed by atoms with Gasteiger partial charge in [0.2, 0.25) is 15.9 Å². The normalized spacial score (nSPS) is 24.3. The molecule has 1 amide bonds. The number of likely N-dealkylation sites (N-methyl/N-ethyl adjacent to an activating group) is 1. The van der Waals surface area contributed by atoms with Crippen LogP contribution >= 0.6 is 0 Å². The number of nitrogens with one attached hydrogen (secondary N) is 1. The number of ether oxygens (including phenoxy) is 1. The number of amides is 1. The van der Waals surface area contributed by atoms with Gasteiger partial charge in [0.15, 0.2) is 0 Å². The van der Waals surface area contributed by atoms with E-state index >= 15 is 0 Å². The molecule has 0 radical (unpaired) electrons. The van der Waals surface area contributed by atoms with Crippen LogP contribution in [0.15, 0.2) is 29.2 Å². The summed E-state index contributed by atoms with van der Waals surface area (Å²) in [6, 6.07) is 6.53. The van der Waals surface area contributed by atoms with Crippen LogP contribution in [0.5, 0.6) is 0 Å². The average molecular weight is 381 g/mol. The van der Waals surface area contributed by atoms with Crippen molar-refractivity contribution in [2.45, 2.75) is 30.2 Å². The van der Waals surface area contributed by atoms with Gasteiger partial charge in [-0.1, -0.05) is 19.1 Å². The molecule has 26 heavy (non-hydrogen) atoms. The van der Waals surface area contributed by atoms with Crippen LogP contribution in [0.3, 0.4) is 0 Å². The number of rotatable bonds is 5. The van der Waals surface area contributed by atoms with Gasteiger partial charge in [0, 0.05) is 32.8 Å². The zero-order chi connectivity index (χ0) is 18.8. The molecule has 0 aromatic heterocycles. The summed E-state index contributed by atoms with van der Waals surface area (Å²) < 4.78 is 32.0. The third-order valence-electron chi connectivity index (χ3n) is 5.36. The van der Waals surface area contributed by atoms with Gasteiger partial charge < -0.3 is 9.64 Å². The largest absolute Gasteiger partial charge is 0.379 e. The summed E-state index contributed by atoms with van der Waals surface area (Å²) in [7, 11) is -1.36. The number of hydrogen-bond donors (Lipinski definition) is 1. The molecule has 1 spiro atoms. The highest BCUT2D eigenvalue weighted by molar-refractivity contribution is 7.89. The van der Waals surface area contributed by atoms with Crippen LogP contribution in [0.25, 0.3) is 0 Å². The van der Waals surface area contributed by atoms with E-state index in [9.17, 15) is 13.2 Å². The molecule has 2 saturated heterocycles. The van der Waals surface area contributed by atoms with Crippen molar-refractivity contribution in [3.8, 4) is 0 Å². The number of benzene rings is 1. The van der Waals surface area contributed by atoms with E-state index in [0.29, 0.717) is 26.2 Å². The first kappa shape index (κ1) is 19.3. The van der Waals surface area contributed by atoms with Crippen molar-refractivity contribution in [3.63, 3.8) is 0 Å². The summed E-state index contributed by atoms with van der Waals surface area (Å²) in [6.45, 7) is 5.74. The van der Waals surface area contributed by atoms with Crippen LogP contribution in [-0.2, 0) is 26.0 Å². The molecule has 0 saturated carbocycles. The first-order valence-corrected chi connectivity index (χ1v) is 10.5. The van der Waals surface area contributed by atoms with Crippen molar-refractivity contribution in [1.29, 1.82) is 0 Å². The minimum Gasteiger partial charge on any atom is -0.379 e. The lowest BCUT2D eigenvalue weighted by atomic mass is 9.93. The number of carbonyl (C=O) groups is 1. The van der Waals surface area contributed by atoms with Gasteiger partial charge in [-0.2, -0.15) is 0 Å². The lowest BCUT2D eigenvalue weighted by Gasteiger charge is -2.46. The molecular weight excluding hydrogens is 354 g/mol. The Morgan fingerprint density at radius 3 is 2.62 bits per heavy atom. The van der Waals surface area contributed by atoms with E-state index in [1.54, 1.807) is 31.2 Å². The number of nitrogens with zero attached hydrogens (tertiary/aromatic N) is 2. The molecule has 144 valence electrons. The average Bonchev–Trinajstić information content (AvgIpc) is 3.07. The summed E-state index contributed by atoms with van der Waals surface area (Å²) in [4.78, 5) is 17.2. The summed E-state index contributed by atoms with van der Waals surface area (Å²) in [5.41, 5.74) is 0.763. The number of hydrogen-bond acceptors (Lipinski definition) is 5. The lowest BCUT2D eigenvalue weighted by Crippen LogP contribution is -2.62. The van der Waals surface area contributed by atoms with Gasteiger partial charge in [0.1, 0.15) is 0 Å². The predicted molar refractivity (Wildman–Crippen MR) is 98.4 cm³/mol. The van der Waals surface area contributed by atoms with Gasteiger partial charge in [0.05, 0.1) is 23.5 Å². The molecule has 0 bridgehead atoms. The summed E-state index contributed by atoms with van der Waals surface area (Å²) >= 11 is 0. The Morgan fingerprint density at radius 2 is 2.00 bits per heavy atom. The summed E-state index contributed by atoms with van der Waals surface area (Å²) in [5, 5.41) is 0. The second-order valence-electron chi connectivity index (χ2n) is 7.09. The molecule has 3 rings (SSSR count). The molecule has 1 unspecified atom stereocenters. The van der Waals surface area contributed by atoms with Gasteiger partial charge >= 0.3 is 0 Å². The van der Waals surface area contributed by atoms with E-state index in [4.69, 9.17) is 4.74 Å². The molecule has 2 aliphatic heterocycles. The summed E-state index contributed by atoms with van der Waals surface area (Å²) in [6.07, 6.45) is 1.23. The molecule has 0 aliphatic carbocycles. The Bertz CT molecular complexity index is 742. The third-order valence-corrected chi connectivity index (χ3v) is 6.92. The van der Waals surface area contributed by atoms with Crippen LogP contribution in [0.4, 0.5) is 0 Å². The highest BCUT2D eigenvalue weighted by atomic mass is 32.2. The van der Waals surface area contributed by atoms with Gasteiger partial charge in [-0.15, -0.1) is 0 Å². The Hall–Kier alpha value is -1.48. The van der Waals surface area contributed by atoms with Gasteiger partial charge in [0.25, 0.3) is 0 Å². The van der Waals surface area contributed by atoms with E-state index in [0.717, 1.165) is 25.1 Å². The molecule has 1 aromatic rings. The zero-order valence-electron chi connectivity index (χ0n) is 15.4. The van der Waals surface area contributed by atoms with E-state index in [2.05, 4.69) is 16.7 Å². The molecule has 2 heterocycles. The maximum atomic E-state index is 12.7. The topological polar surface area (TPSA) is 79.0 Å². The molecule has 7 nitrogen and oxygen atoms in total. The van der Waals surface area contributed by atoms with Crippen LogP contribution in [0, 0.1) is 0 Å². The quantitative estimate of drug-likeness (QED) is 0.802. The molecular formula is C18H27N3O4S. The van der Waals surface area contributed by atoms with Crippen LogP contribution < -0.4 is 4.72 Å². The fourth-order valence-corrected chi connectivity index (χ4v) is 4.69. The maximum absolute atomic E-state index is 12.7. The predicted octanol–water partition coefficient (Wildman–Crippen LogP) is 0.460. The van der Waals surface area contributed by atoms with Crippen molar-refractivity contribution in [2.75, 3.05) is 46.4 Å². The molecule has 1 N–H and O–H groups in total. The molecule has 2 aliphatic rings. The third kappa shape index (κ3) is 3.93. The second-order valence-corrected chi connectivity index (χ2v) is 8.85. The Labute approximate surface area is 155 Å². The van der Waals surface area contributed by atoms with E-state index < -0.39 is 10.0 Å². The Balaban J connectivity index is 1.65. The first-order valence-electron chi connectivity index (χ1n) is 9.02. The molecule has 1 aromatic carbocycles. The number of carbonyl (C=O) groups excluding carboxylic acids is 1. The highest BCUT2D eigenvalue weighted by Gasteiger charge is 2.43. The highest BCUT2D eigenvalue weighted by Crippen LogP contribution is 2.29. The van der Waals surface area contributed by atoms with Crippen molar-refractivity contribution in [2.24, 2.45) is 0 Å². The van der Waals surface area contributed by atoms with Crippen molar-refractivity contribution in [3.05, 3.63) is 29.8 Å². The smallest absolute Gasteiger partial charge is 0.240 e. The van der Waals surface area contributed by atoms with Crippen LogP contribution in [-0.4, -0.2) is 76.1 Å². The number of sulfonamides is 1.